The van der Waals surface area contributed by atoms with Crippen LogP contribution >= 0.6 is 0 Å². The highest BCUT2D eigenvalue weighted by atomic mass is 16.6. The number of benzene rings is 3. The van der Waals surface area contributed by atoms with Gasteiger partial charge in [-0.15, -0.1) is 0 Å². The lowest BCUT2D eigenvalue weighted by atomic mass is 10.1. The molecule has 0 atom stereocenters. The van der Waals surface area contributed by atoms with Crippen molar-refractivity contribution in [3.05, 3.63) is 79.9 Å². The summed E-state index contributed by atoms with van der Waals surface area (Å²) in [6.45, 7) is 11.0. The van der Waals surface area contributed by atoms with Crippen LogP contribution in [-0.4, -0.2) is 58.7 Å². The van der Waals surface area contributed by atoms with Crippen LogP contribution in [0.3, 0.4) is 0 Å². The summed E-state index contributed by atoms with van der Waals surface area (Å²) >= 11 is 0. The Labute approximate surface area is 231 Å². The molecule has 0 spiro atoms. The largest absolute Gasteiger partial charge is 0.507 e. The molecule has 3 aromatic carbocycles. The fraction of sp³-hybridized carbons (Fsp3) is 0.286. The Morgan fingerprint density at radius 2 is 1.02 bits per heavy atom. The summed E-state index contributed by atoms with van der Waals surface area (Å²) in [6.07, 6.45) is 2.61. The molecule has 12 nitrogen and oxygen atoms in total. The molecule has 0 amide bonds. The number of aliphatic imine (C=N–C) groups is 2. The van der Waals surface area contributed by atoms with Gasteiger partial charge in [0.15, 0.2) is 0 Å². The predicted octanol–water partition coefficient (Wildman–Crippen LogP) is 6.11. The third-order valence-electron chi connectivity index (χ3n) is 6.44. The van der Waals surface area contributed by atoms with Crippen LogP contribution < -0.4 is 9.80 Å². The zero-order valence-corrected chi connectivity index (χ0v) is 22.8. The van der Waals surface area contributed by atoms with E-state index in [1.807, 2.05) is 39.8 Å². The van der Waals surface area contributed by atoms with Gasteiger partial charge in [-0.3, -0.25) is 30.2 Å². The minimum atomic E-state index is -0.862. The Kier molecular flexibility index (Phi) is 9.74. The first-order valence-corrected chi connectivity index (χ1v) is 12.8. The average molecular weight is 549 g/mol. The second-order valence-corrected chi connectivity index (χ2v) is 8.69. The first kappa shape index (κ1) is 29.6. The number of rotatable bonds is 12. The number of hydrogen-bond acceptors (Lipinski definition) is 10. The number of phenolic OH excluding ortho intramolecular Hbond substituents is 2. The summed E-state index contributed by atoms with van der Waals surface area (Å²) in [5, 5.41) is 44.2. The lowest BCUT2D eigenvalue weighted by molar-refractivity contribution is -0.422. The van der Waals surface area contributed by atoms with E-state index < -0.39 is 21.2 Å². The molecule has 2 N–H and O–H groups in total. The van der Waals surface area contributed by atoms with Crippen molar-refractivity contribution >= 4 is 46.6 Å². The number of anilines is 2. The van der Waals surface area contributed by atoms with Gasteiger partial charge in [0.05, 0.1) is 33.4 Å². The fourth-order valence-electron chi connectivity index (χ4n) is 4.19. The highest BCUT2D eigenvalue weighted by molar-refractivity contribution is 5.91. The van der Waals surface area contributed by atoms with Crippen LogP contribution in [0.4, 0.5) is 34.1 Å². The molecule has 0 saturated carbocycles. The molecule has 0 fully saturated rings. The monoisotopic (exact) mass is 548 g/mol. The molecule has 0 heterocycles. The SMILES string of the molecule is CCN(CC)c1ccc(C=Nc2cc([N+](=O)[O-])c([N+](=O)[O-])cc2N=Cc2ccc(N(CC)CC)cc2O)c(O)c1. The van der Waals surface area contributed by atoms with Crippen LogP contribution in [0, 0.1) is 20.2 Å². The maximum absolute atomic E-state index is 11.6. The molecule has 40 heavy (non-hydrogen) atoms. The van der Waals surface area contributed by atoms with Crippen LogP contribution in [0.5, 0.6) is 11.5 Å². The highest BCUT2D eigenvalue weighted by Crippen LogP contribution is 2.39. The molecule has 0 aliphatic heterocycles. The van der Waals surface area contributed by atoms with Gasteiger partial charge in [0.2, 0.25) is 0 Å². The summed E-state index contributed by atoms with van der Waals surface area (Å²) in [5.41, 5.74) is 0.783. The zero-order valence-electron chi connectivity index (χ0n) is 22.8. The van der Waals surface area contributed by atoms with Crippen LogP contribution in [0.2, 0.25) is 0 Å². The molecule has 3 aromatic rings. The van der Waals surface area contributed by atoms with Crippen molar-refractivity contribution in [1.82, 2.24) is 0 Å². The van der Waals surface area contributed by atoms with E-state index in [0.717, 1.165) is 49.7 Å². The van der Waals surface area contributed by atoms with Gasteiger partial charge in [-0.1, -0.05) is 0 Å². The quantitative estimate of drug-likeness (QED) is 0.156. The van der Waals surface area contributed by atoms with E-state index in [1.165, 1.54) is 12.4 Å². The fourth-order valence-corrected chi connectivity index (χ4v) is 4.19. The second-order valence-electron chi connectivity index (χ2n) is 8.69. The van der Waals surface area contributed by atoms with Crippen molar-refractivity contribution < 1.29 is 20.1 Å². The van der Waals surface area contributed by atoms with Gasteiger partial charge in [-0.2, -0.15) is 0 Å². The Hall–Kier alpha value is -5.00. The Morgan fingerprint density at radius 3 is 1.30 bits per heavy atom. The molecule has 210 valence electrons. The molecule has 12 heteroatoms. The van der Waals surface area contributed by atoms with Crippen molar-refractivity contribution in [1.29, 1.82) is 0 Å². The van der Waals surface area contributed by atoms with Crippen LogP contribution in [0.15, 0.2) is 58.5 Å². The second kappa shape index (κ2) is 13.2. The third-order valence-corrected chi connectivity index (χ3v) is 6.44. The van der Waals surface area contributed by atoms with Crippen molar-refractivity contribution in [2.45, 2.75) is 27.7 Å². The van der Waals surface area contributed by atoms with Gasteiger partial charge < -0.3 is 20.0 Å². The Morgan fingerprint density at radius 1 is 0.675 bits per heavy atom. The van der Waals surface area contributed by atoms with E-state index in [0.29, 0.717) is 11.1 Å². The van der Waals surface area contributed by atoms with Crippen LogP contribution in [0.25, 0.3) is 0 Å². The molecule has 0 saturated heterocycles. The standard InChI is InChI=1S/C28H32N6O6/c1-5-31(6-2)21-11-9-19(27(35)13-21)17-29-23-15-25(33(37)38)26(34(39)40)16-24(23)30-18-20-10-12-22(14-28(20)36)32(7-3)8-4/h9-18,35-36H,5-8H2,1-4H3. The summed E-state index contributed by atoms with van der Waals surface area (Å²) in [4.78, 5) is 34.1. The molecule has 0 aliphatic carbocycles. The minimum absolute atomic E-state index is 0.0278. The summed E-state index contributed by atoms with van der Waals surface area (Å²) in [5.74, 6) is -0.0966. The van der Waals surface area contributed by atoms with Crippen molar-refractivity contribution in [3.8, 4) is 11.5 Å². The zero-order chi connectivity index (χ0) is 29.4. The lowest BCUT2D eigenvalue weighted by Crippen LogP contribution is -2.21. The number of aromatic hydroxyl groups is 2. The van der Waals surface area contributed by atoms with Crippen LogP contribution in [-0.2, 0) is 0 Å². The van der Waals surface area contributed by atoms with Crippen molar-refractivity contribution in [3.63, 3.8) is 0 Å². The van der Waals surface area contributed by atoms with Gasteiger partial charge in [0, 0.05) is 73.2 Å². The first-order valence-electron chi connectivity index (χ1n) is 12.8. The summed E-state index contributed by atoms with van der Waals surface area (Å²) in [6, 6.07) is 12.1. The van der Waals surface area contributed by atoms with Gasteiger partial charge in [0.1, 0.15) is 11.5 Å². The maximum atomic E-state index is 11.6. The molecule has 0 aliphatic rings. The first-order chi connectivity index (χ1) is 19.1. The summed E-state index contributed by atoms with van der Waals surface area (Å²) in [7, 11) is 0. The average Bonchev–Trinajstić information content (AvgIpc) is 2.93. The van der Waals surface area contributed by atoms with E-state index in [-0.39, 0.29) is 22.9 Å². The van der Waals surface area contributed by atoms with E-state index in [4.69, 9.17) is 0 Å². The molecular formula is C28H32N6O6. The molecule has 3 rings (SSSR count). The van der Waals surface area contributed by atoms with Gasteiger partial charge >= 0.3 is 11.4 Å². The molecule has 0 radical (unpaired) electrons. The van der Waals surface area contributed by atoms with Gasteiger partial charge in [-0.05, 0) is 52.0 Å². The van der Waals surface area contributed by atoms with E-state index in [9.17, 15) is 30.4 Å². The number of nitro groups is 2. The third kappa shape index (κ3) is 6.70. The Balaban J connectivity index is 2.06. The smallest absolute Gasteiger partial charge is 0.348 e. The van der Waals surface area contributed by atoms with E-state index in [1.54, 1.807) is 24.3 Å². The molecule has 0 unspecified atom stereocenters. The van der Waals surface area contributed by atoms with Crippen LogP contribution in [0.1, 0.15) is 38.8 Å². The van der Waals surface area contributed by atoms with Crippen molar-refractivity contribution in [2.75, 3.05) is 36.0 Å². The number of phenols is 2. The topological polar surface area (TPSA) is 158 Å². The van der Waals surface area contributed by atoms with Crippen molar-refractivity contribution in [2.24, 2.45) is 9.98 Å². The molecular weight excluding hydrogens is 516 g/mol. The van der Waals surface area contributed by atoms with E-state index in [2.05, 4.69) is 19.8 Å². The van der Waals surface area contributed by atoms with E-state index >= 15 is 0 Å². The lowest BCUT2D eigenvalue weighted by Gasteiger charge is -2.21. The summed E-state index contributed by atoms with van der Waals surface area (Å²) < 4.78 is 0. The molecule has 0 bridgehead atoms. The molecule has 0 aromatic heterocycles. The number of hydrogen-bond donors (Lipinski definition) is 2. The highest BCUT2D eigenvalue weighted by Gasteiger charge is 2.27. The Bertz CT molecular complexity index is 1340. The maximum Gasteiger partial charge on any atom is 0.348 e. The number of nitro benzene ring substituents is 2. The minimum Gasteiger partial charge on any atom is -0.507 e. The predicted molar refractivity (Wildman–Crippen MR) is 158 cm³/mol. The normalized spacial score (nSPS) is 11.3. The number of nitrogens with zero attached hydrogens (tertiary/aromatic N) is 6. The van der Waals surface area contributed by atoms with Gasteiger partial charge in [-0.25, -0.2) is 0 Å². The van der Waals surface area contributed by atoms with Gasteiger partial charge in [0.25, 0.3) is 0 Å².